The van der Waals surface area contributed by atoms with Gasteiger partial charge < -0.3 is 5.11 Å². The van der Waals surface area contributed by atoms with E-state index in [9.17, 15) is 9.90 Å². The van der Waals surface area contributed by atoms with Gasteiger partial charge in [-0.1, -0.05) is 41.5 Å². The van der Waals surface area contributed by atoms with Crippen molar-refractivity contribution >= 4 is 72.3 Å². The fraction of sp³-hybridized carbons (Fsp3) is 0.286. The fourth-order valence-electron chi connectivity index (χ4n) is 6.31. The molecule has 1 N–H and O–H groups in total. The van der Waals surface area contributed by atoms with Crippen molar-refractivity contribution in [1.29, 1.82) is 0 Å². The summed E-state index contributed by atoms with van der Waals surface area (Å²) in [5.74, 6) is 0.286. The average Bonchev–Trinajstić information content (AvgIpc) is 3.39. The zero-order valence-corrected chi connectivity index (χ0v) is 32.7. The first-order valence-electron chi connectivity index (χ1n) is 16.7. The van der Waals surface area contributed by atoms with Crippen LogP contribution in [-0.2, 0) is 24.9 Å². The summed E-state index contributed by atoms with van der Waals surface area (Å²) in [7, 11) is 0. The van der Waals surface area contributed by atoms with Crippen molar-refractivity contribution in [3.63, 3.8) is 0 Å². The summed E-state index contributed by atoms with van der Waals surface area (Å²) < 4.78 is 5.15. The van der Waals surface area contributed by atoms with Gasteiger partial charge in [0.2, 0.25) is 0 Å². The molecule has 0 aliphatic carbocycles. The summed E-state index contributed by atoms with van der Waals surface area (Å²) in [6, 6.07) is 34.1. The van der Waals surface area contributed by atoms with Gasteiger partial charge in [0.15, 0.2) is 5.78 Å². The average molecular weight is 879 g/mol. The van der Waals surface area contributed by atoms with E-state index in [1.807, 2.05) is 47.7 Å². The monoisotopic (exact) mass is 880 g/mol. The van der Waals surface area contributed by atoms with Crippen LogP contribution in [-0.4, -0.2) is 34.9 Å². The third-order valence-electron chi connectivity index (χ3n) is 10.5. The van der Waals surface area contributed by atoms with E-state index in [1.54, 1.807) is 0 Å². The van der Waals surface area contributed by atoms with Crippen LogP contribution < -0.4 is 0 Å². The molecule has 4 nitrogen and oxygen atoms in total. The van der Waals surface area contributed by atoms with Crippen molar-refractivity contribution < 1.29 is 30.0 Å². The number of allylic oxidation sites excluding steroid dienone is 2. The molecular weight excluding hydrogens is 836 g/mol. The second-order valence-corrected chi connectivity index (χ2v) is 15.3. The molecule has 0 bridgehead atoms. The second-order valence-electron chi connectivity index (χ2n) is 13.0. The predicted molar refractivity (Wildman–Crippen MR) is 200 cm³/mol. The summed E-state index contributed by atoms with van der Waals surface area (Å²) in [6.07, 6.45) is 6.70. The molecule has 3 heterocycles. The number of aliphatic hydroxyl groups is 1. The molecule has 7 rings (SSSR count). The van der Waals surface area contributed by atoms with Gasteiger partial charge in [0.25, 0.3) is 0 Å². The molecule has 6 heteroatoms. The Hall–Kier alpha value is -3.53. The molecule has 0 fully saturated rings. The van der Waals surface area contributed by atoms with Gasteiger partial charge >= 0.3 is 179 Å². The fourth-order valence-corrected chi connectivity index (χ4v) is 8.67. The Morgan fingerprint density at radius 2 is 1.46 bits per heavy atom. The van der Waals surface area contributed by atoms with Crippen molar-refractivity contribution in [1.82, 2.24) is 9.55 Å². The molecule has 7 aromatic rings. The Kier molecular flexibility index (Phi) is 10.8. The van der Waals surface area contributed by atoms with Gasteiger partial charge in [0.05, 0.1) is 0 Å². The number of aliphatic hydroxyl groups excluding tert-OH is 1. The van der Waals surface area contributed by atoms with Crippen LogP contribution in [0.3, 0.4) is 0 Å². The maximum atomic E-state index is 12.2. The van der Waals surface area contributed by atoms with E-state index in [1.165, 1.54) is 47.5 Å². The number of rotatable bonds is 8. The van der Waals surface area contributed by atoms with Crippen LogP contribution in [0.2, 0.25) is 0 Å². The third-order valence-corrected chi connectivity index (χ3v) is 12.8. The standard InChI is InChI=1S/C27H15N2Se.C15H28O2.Ir/c1-2-9-19(10-3-1)29-21-11-6-12-23-25(21)26-22(29)13-14-28-27(26)20-15-17-7-4-5-8-18(17)16-24(20)30-23;1-7-14(5,8-2)12(16)11-13(17)15(6,9-3)10-4;/h1-14,16H;11,16H,7-10H2,1-6H3;/q-1;;/b;12-11-;. The number of para-hydroxylation sites is 1. The Morgan fingerprint density at radius 3 is 2.15 bits per heavy atom. The van der Waals surface area contributed by atoms with Gasteiger partial charge in [0, 0.05) is 37.0 Å². The van der Waals surface area contributed by atoms with E-state index in [-0.39, 0.29) is 57.0 Å². The van der Waals surface area contributed by atoms with Crippen LogP contribution in [0, 0.1) is 16.9 Å². The topological polar surface area (TPSA) is 55.1 Å². The molecule has 48 heavy (non-hydrogen) atoms. The van der Waals surface area contributed by atoms with Crippen LogP contribution >= 0.6 is 0 Å². The van der Waals surface area contributed by atoms with E-state index in [0.29, 0.717) is 0 Å². The zero-order chi connectivity index (χ0) is 33.3. The SMILES string of the molecule is CCC(C)(CC)C(=O)/C=C(\O)C(C)(CC)CC.[Ir].[c-]1c2ccccc2cc2[se]c3cccc4c3c3c(nccc3n4-c3ccccc3)c12. The molecule has 4 aromatic carbocycles. The van der Waals surface area contributed by atoms with Crippen LogP contribution in [0.1, 0.15) is 67.2 Å². The van der Waals surface area contributed by atoms with Gasteiger partial charge in [-0.05, 0) is 25.7 Å². The first-order chi connectivity index (χ1) is 22.7. The van der Waals surface area contributed by atoms with Crippen LogP contribution in [0.25, 0.3) is 57.7 Å². The minimum atomic E-state index is -0.337. The molecule has 1 radical (unpaired) electrons. The van der Waals surface area contributed by atoms with Crippen molar-refractivity contribution in [2.75, 3.05) is 0 Å². The summed E-state index contributed by atoms with van der Waals surface area (Å²) >= 11 is 0.186. The van der Waals surface area contributed by atoms with Crippen LogP contribution in [0.4, 0.5) is 0 Å². The van der Waals surface area contributed by atoms with Crippen molar-refractivity contribution in [2.24, 2.45) is 10.8 Å². The molecule has 0 atom stereocenters. The van der Waals surface area contributed by atoms with E-state index >= 15 is 0 Å². The van der Waals surface area contributed by atoms with E-state index in [4.69, 9.17) is 4.98 Å². The van der Waals surface area contributed by atoms with Crippen molar-refractivity contribution in [2.45, 2.75) is 67.2 Å². The van der Waals surface area contributed by atoms with Crippen molar-refractivity contribution in [3.8, 4) is 5.69 Å². The molecule has 0 amide bonds. The van der Waals surface area contributed by atoms with Gasteiger partial charge in [-0.2, -0.15) is 0 Å². The molecule has 0 spiro atoms. The minimum absolute atomic E-state index is 0. The van der Waals surface area contributed by atoms with Gasteiger partial charge in [-0.25, -0.2) is 0 Å². The molecule has 0 saturated carbocycles. The van der Waals surface area contributed by atoms with Crippen LogP contribution in [0.5, 0.6) is 0 Å². The van der Waals surface area contributed by atoms with Gasteiger partial charge in [-0.15, -0.1) is 0 Å². The summed E-state index contributed by atoms with van der Waals surface area (Å²) in [5.41, 5.74) is 4.09. The molecule has 0 aliphatic heterocycles. The van der Waals surface area contributed by atoms with Gasteiger partial charge in [-0.3, -0.25) is 4.79 Å². The molecule has 3 aromatic heterocycles. The van der Waals surface area contributed by atoms with Crippen molar-refractivity contribution in [3.05, 3.63) is 109 Å². The Bertz CT molecular complexity index is 2260. The molecular formula is C42H43IrN2O2Se-. The van der Waals surface area contributed by atoms with E-state index in [0.717, 1.165) is 42.0 Å². The number of nitrogens with zero attached hydrogens (tertiary/aromatic N) is 2. The number of aromatic nitrogens is 2. The molecule has 0 saturated heterocycles. The van der Waals surface area contributed by atoms with Gasteiger partial charge in [0.1, 0.15) is 5.76 Å². The van der Waals surface area contributed by atoms with E-state index < -0.39 is 0 Å². The third kappa shape index (κ3) is 6.32. The normalized spacial score (nSPS) is 12.4. The number of ketones is 1. The first kappa shape index (κ1) is 35.8. The Labute approximate surface area is 303 Å². The molecule has 249 valence electrons. The second kappa shape index (κ2) is 14.5. The quantitative estimate of drug-likeness (QED) is 0.0716. The summed E-state index contributed by atoms with van der Waals surface area (Å²) in [4.78, 5) is 17.1. The number of benzene rings is 4. The van der Waals surface area contributed by atoms with Crippen LogP contribution in [0.15, 0.2) is 103 Å². The first-order valence-corrected chi connectivity index (χ1v) is 18.5. The number of fused-ring (bicyclic) bond motifs is 3. The number of carbonyl (C=O) groups is 1. The number of hydrogen-bond acceptors (Lipinski definition) is 3. The summed E-state index contributed by atoms with van der Waals surface area (Å²) in [5, 5.41) is 16.3. The predicted octanol–water partition coefficient (Wildman–Crippen LogP) is 11.1. The number of pyridine rings is 1. The maximum absolute atomic E-state index is 12.2. The Balaban J connectivity index is 0.000000218. The van der Waals surface area contributed by atoms with E-state index in [2.05, 4.69) is 95.6 Å². The summed E-state index contributed by atoms with van der Waals surface area (Å²) in [6.45, 7) is 12.1. The molecule has 0 aliphatic rings. The molecule has 0 unspecified atom stereocenters. The number of carbonyl (C=O) groups excluding carboxylic acids is 1. The zero-order valence-electron chi connectivity index (χ0n) is 28.6. The Morgan fingerprint density at radius 1 is 0.812 bits per heavy atom. The number of hydrogen-bond donors (Lipinski definition) is 1.